The van der Waals surface area contributed by atoms with Crippen LogP contribution < -0.4 is 5.32 Å². The highest BCUT2D eigenvalue weighted by Gasteiger charge is 2.19. The Kier molecular flexibility index (Phi) is 8.20. The fourth-order valence-corrected chi connectivity index (χ4v) is 4.04. The van der Waals surface area contributed by atoms with Crippen molar-refractivity contribution in [2.75, 3.05) is 5.75 Å². The van der Waals surface area contributed by atoms with Crippen molar-refractivity contribution in [3.63, 3.8) is 0 Å². The van der Waals surface area contributed by atoms with E-state index in [1.54, 1.807) is 6.08 Å². The summed E-state index contributed by atoms with van der Waals surface area (Å²) in [6.45, 7) is 5.82. The Morgan fingerprint density at radius 1 is 1.16 bits per heavy atom. The number of amides is 1. The molecule has 1 atom stereocenters. The van der Waals surface area contributed by atoms with Gasteiger partial charge in [-0.05, 0) is 31.0 Å². The molecule has 3 aromatic rings. The van der Waals surface area contributed by atoms with Gasteiger partial charge in [-0.1, -0.05) is 76.2 Å². The second-order valence-electron chi connectivity index (χ2n) is 6.92. The number of nitrogens with one attached hydrogen (secondary N) is 1. The number of benzene rings is 2. The SMILES string of the molecule is C=CCn1c(SCC(=O)NC(Cc2ccccc2)C(C)=O)nnc1-c1ccc(Br)cc1. The molecule has 6 nitrogen and oxygen atoms in total. The van der Waals surface area contributed by atoms with Gasteiger partial charge in [-0.3, -0.25) is 14.2 Å². The van der Waals surface area contributed by atoms with Gasteiger partial charge in [-0.25, -0.2) is 0 Å². The zero-order valence-corrected chi connectivity index (χ0v) is 19.5. The lowest BCUT2D eigenvalue weighted by Gasteiger charge is -2.16. The van der Waals surface area contributed by atoms with E-state index in [9.17, 15) is 9.59 Å². The van der Waals surface area contributed by atoms with Gasteiger partial charge in [-0.15, -0.1) is 16.8 Å². The molecular weight excluding hydrogens is 476 g/mol. The molecule has 0 aliphatic heterocycles. The van der Waals surface area contributed by atoms with Crippen LogP contribution >= 0.6 is 27.7 Å². The molecule has 3 rings (SSSR count). The Labute approximate surface area is 194 Å². The molecule has 0 saturated heterocycles. The van der Waals surface area contributed by atoms with Crippen molar-refractivity contribution >= 4 is 39.4 Å². The summed E-state index contributed by atoms with van der Waals surface area (Å²) in [6, 6.07) is 16.9. The monoisotopic (exact) mass is 498 g/mol. The highest BCUT2D eigenvalue weighted by atomic mass is 79.9. The summed E-state index contributed by atoms with van der Waals surface area (Å²) in [5, 5.41) is 12.0. The van der Waals surface area contributed by atoms with Crippen molar-refractivity contribution in [1.29, 1.82) is 0 Å². The highest BCUT2D eigenvalue weighted by Crippen LogP contribution is 2.25. The van der Waals surface area contributed by atoms with Crippen molar-refractivity contribution in [2.45, 2.75) is 31.1 Å². The number of hydrogen-bond donors (Lipinski definition) is 1. The molecular formula is C23H23BrN4O2S. The summed E-state index contributed by atoms with van der Waals surface area (Å²) in [5.74, 6) is 0.545. The maximum atomic E-state index is 12.5. The third-order valence-corrected chi connectivity index (χ3v) is 6.07. The van der Waals surface area contributed by atoms with Gasteiger partial charge in [0.2, 0.25) is 5.91 Å². The van der Waals surface area contributed by atoms with Gasteiger partial charge in [-0.2, -0.15) is 0 Å². The molecule has 2 aromatic carbocycles. The van der Waals surface area contributed by atoms with Gasteiger partial charge in [0, 0.05) is 16.6 Å². The van der Waals surface area contributed by atoms with Crippen LogP contribution in [0.1, 0.15) is 12.5 Å². The third kappa shape index (κ3) is 6.38. The van der Waals surface area contributed by atoms with Crippen LogP contribution in [0.5, 0.6) is 0 Å². The molecule has 0 fully saturated rings. The van der Waals surface area contributed by atoms with Gasteiger partial charge in [0.25, 0.3) is 0 Å². The minimum Gasteiger partial charge on any atom is -0.345 e. The van der Waals surface area contributed by atoms with E-state index in [0.717, 1.165) is 15.6 Å². The highest BCUT2D eigenvalue weighted by molar-refractivity contribution is 9.10. The predicted molar refractivity (Wildman–Crippen MR) is 127 cm³/mol. The lowest BCUT2D eigenvalue weighted by molar-refractivity contribution is -0.125. The number of carbonyl (C=O) groups excluding carboxylic acids is 2. The molecule has 31 heavy (non-hydrogen) atoms. The first-order valence-corrected chi connectivity index (χ1v) is 11.5. The average molecular weight is 499 g/mol. The quantitative estimate of drug-likeness (QED) is 0.333. The van der Waals surface area contributed by atoms with E-state index < -0.39 is 6.04 Å². The Balaban J connectivity index is 1.67. The molecule has 1 amide bonds. The first kappa shape index (κ1) is 23.0. The second-order valence-corrected chi connectivity index (χ2v) is 8.78. The molecule has 0 aliphatic rings. The van der Waals surface area contributed by atoms with Crippen LogP contribution in [0.3, 0.4) is 0 Å². The molecule has 0 spiro atoms. The summed E-state index contributed by atoms with van der Waals surface area (Å²) in [5.41, 5.74) is 1.92. The van der Waals surface area contributed by atoms with E-state index in [0.29, 0.717) is 23.9 Å². The molecule has 1 N–H and O–H groups in total. The first-order valence-electron chi connectivity index (χ1n) is 9.74. The number of aromatic nitrogens is 3. The van der Waals surface area contributed by atoms with E-state index >= 15 is 0 Å². The van der Waals surface area contributed by atoms with E-state index in [4.69, 9.17) is 0 Å². The largest absolute Gasteiger partial charge is 0.345 e. The van der Waals surface area contributed by atoms with Crippen LogP contribution in [0.25, 0.3) is 11.4 Å². The maximum Gasteiger partial charge on any atom is 0.231 e. The van der Waals surface area contributed by atoms with E-state index in [-0.39, 0.29) is 17.4 Å². The summed E-state index contributed by atoms with van der Waals surface area (Å²) >= 11 is 4.71. The zero-order valence-electron chi connectivity index (χ0n) is 17.1. The van der Waals surface area contributed by atoms with Gasteiger partial charge in [0.15, 0.2) is 16.8 Å². The van der Waals surface area contributed by atoms with Gasteiger partial charge in [0.05, 0.1) is 11.8 Å². The summed E-state index contributed by atoms with van der Waals surface area (Å²) in [4.78, 5) is 24.6. The Morgan fingerprint density at radius 3 is 2.52 bits per heavy atom. The van der Waals surface area contributed by atoms with Crippen LogP contribution in [0.2, 0.25) is 0 Å². The smallest absolute Gasteiger partial charge is 0.231 e. The molecule has 1 unspecified atom stereocenters. The molecule has 160 valence electrons. The summed E-state index contributed by atoms with van der Waals surface area (Å²) in [6.07, 6.45) is 2.23. The van der Waals surface area contributed by atoms with Gasteiger partial charge >= 0.3 is 0 Å². The molecule has 1 heterocycles. The first-order chi connectivity index (χ1) is 15.0. The zero-order chi connectivity index (χ0) is 22.2. The number of rotatable bonds is 10. The number of thioether (sulfide) groups is 1. The Morgan fingerprint density at radius 2 is 1.87 bits per heavy atom. The standard InChI is InChI=1S/C23H23BrN4O2S/c1-3-13-28-22(18-9-11-19(24)12-10-18)26-27-23(28)31-15-21(30)25-20(16(2)29)14-17-7-5-4-6-8-17/h3-12,20H,1,13-15H2,2H3,(H,25,30). The number of carbonyl (C=O) groups is 2. The molecule has 1 aromatic heterocycles. The number of Topliss-reactive ketones (excluding diaryl/α,β-unsaturated/α-hetero) is 1. The van der Waals surface area contributed by atoms with Crippen molar-refractivity contribution in [2.24, 2.45) is 0 Å². The lowest BCUT2D eigenvalue weighted by Crippen LogP contribution is -2.42. The average Bonchev–Trinajstić information content (AvgIpc) is 3.16. The maximum absolute atomic E-state index is 12.5. The van der Waals surface area contributed by atoms with E-state index in [2.05, 4.69) is 38.0 Å². The molecule has 0 saturated carbocycles. The topological polar surface area (TPSA) is 76.9 Å². The fourth-order valence-electron chi connectivity index (χ4n) is 3.01. The van der Waals surface area contributed by atoms with Crippen LogP contribution in [-0.2, 0) is 22.6 Å². The summed E-state index contributed by atoms with van der Waals surface area (Å²) < 4.78 is 2.90. The summed E-state index contributed by atoms with van der Waals surface area (Å²) in [7, 11) is 0. The number of halogens is 1. The Bertz CT molecular complexity index is 1050. The predicted octanol–water partition coefficient (Wildman–Crippen LogP) is 4.30. The van der Waals surface area contributed by atoms with Gasteiger partial charge in [0.1, 0.15) is 0 Å². The number of nitrogens with zero attached hydrogens (tertiary/aromatic N) is 3. The lowest BCUT2D eigenvalue weighted by atomic mass is 10.0. The number of hydrogen-bond acceptors (Lipinski definition) is 5. The normalized spacial score (nSPS) is 11.7. The molecule has 0 radical (unpaired) electrons. The van der Waals surface area contributed by atoms with Crippen molar-refractivity contribution in [3.8, 4) is 11.4 Å². The minimum absolute atomic E-state index is 0.0745. The van der Waals surface area contributed by atoms with Crippen LogP contribution in [0.4, 0.5) is 0 Å². The van der Waals surface area contributed by atoms with Crippen LogP contribution in [0.15, 0.2) is 76.9 Å². The van der Waals surface area contributed by atoms with Crippen LogP contribution in [-0.4, -0.2) is 38.2 Å². The fraction of sp³-hybridized carbons (Fsp3) is 0.217. The second kappa shape index (κ2) is 11.1. The molecule has 0 bridgehead atoms. The molecule has 0 aliphatic carbocycles. The molecule has 8 heteroatoms. The third-order valence-electron chi connectivity index (χ3n) is 4.57. The minimum atomic E-state index is -0.556. The number of ketones is 1. The number of allylic oxidation sites excluding steroid dienone is 1. The van der Waals surface area contributed by atoms with E-state index in [1.165, 1.54) is 18.7 Å². The van der Waals surface area contributed by atoms with Crippen molar-refractivity contribution in [3.05, 3.63) is 77.3 Å². The Hall–Kier alpha value is -2.71. The van der Waals surface area contributed by atoms with Gasteiger partial charge < -0.3 is 5.32 Å². The van der Waals surface area contributed by atoms with E-state index in [1.807, 2.05) is 59.2 Å². The van der Waals surface area contributed by atoms with Crippen molar-refractivity contribution < 1.29 is 9.59 Å². The van der Waals surface area contributed by atoms with Crippen LogP contribution in [0, 0.1) is 0 Å². The van der Waals surface area contributed by atoms with Crippen molar-refractivity contribution in [1.82, 2.24) is 20.1 Å².